The van der Waals surface area contributed by atoms with Crippen molar-refractivity contribution >= 4 is 34.5 Å². The summed E-state index contributed by atoms with van der Waals surface area (Å²) in [5.74, 6) is -1.49. The standard InChI is InChI=1S/C31H38F2N8O3/c1-22(42)38-11-13-41(14-12-38)30-35-19-23(20-36-30)27(39-9-7-31(32,33)8-10-39)21-34-29(43)25-3-2-4-26-24(25)5-6-28(37-26)40-15-17-44-18-16-40/h2-6,19-20,27H,7-18,21H2,1H3,(H,34,43). The van der Waals surface area contributed by atoms with Crippen molar-refractivity contribution in [2.75, 3.05) is 81.9 Å². The van der Waals surface area contributed by atoms with E-state index >= 15 is 0 Å². The molecule has 3 aliphatic heterocycles. The van der Waals surface area contributed by atoms with Crippen molar-refractivity contribution in [3.63, 3.8) is 0 Å². The summed E-state index contributed by atoms with van der Waals surface area (Å²) in [6, 6.07) is 8.97. The van der Waals surface area contributed by atoms with Gasteiger partial charge < -0.3 is 24.8 Å². The number of amides is 2. The van der Waals surface area contributed by atoms with Gasteiger partial charge in [0.1, 0.15) is 5.82 Å². The first-order valence-corrected chi connectivity index (χ1v) is 15.2. The van der Waals surface area contributed by atoms with Crippen LogP contribution in [0, 0.1) is 0 Å². The topological polar surface area (TPSA) is 107 Å². The van der Waals surface area contributed by atoms with Crippen LogP contribution in [0.25, 0.3) is 10.9 Å². The quantitative estimate of drug-likeness (QED) is 0.433. The van der Waals surface area contributed by atoms with E-state index in [0.29, 0.717) is 50.9 Å². The molecule has 3 saturated heterocycles. The highest BCUT2D eigenvalue weighted by Crippen LogP contribution is 2.32. The molecule has 2 amide bonds. The van der Waals surface area contributed by atoms with Gasteiger partial charge in [0, 0.05) is 108 Å². The molecule has 0 radical (unpaired) electrons. The average molecular weight is 609 g/mol. The third kappa shape index (κ3) is 6.73. The zero-order valence-electron chi connectivity index (χ0n) is 24.9. The van der Waals surface area contributed by atoms with Crippen LogP contribution in [-0.4, -0.2) is 115 Å². The number of halogens is 2. The minimum absolute atomic E-state index is 0.0513. The van der Waals surface area contributed by atoms with E-state index in [1.165, 1.54) is 0 Å². The lowest BCUT2D eigenvalue weighted by molar-refractivity contribution is -0.129. The van der Waals surface area contributed by atoms with E-state index in [1.807, 2.05) is 34.1 Å². The maximum Gasteiger partial charge on any atom is 0.252 e. The van der Waals surface area contributed by atoms with E-state index in [0.717, 1.165) is 35.4 Å². The highest BCUT2D eigenvalue weighted by Gasteiger charge is 2.37. The van der Waals surface area contributed by atoms with Crippen LogP contribution >= 0.6 is 0 Å². The number of hydrogen-bond acceptors (Lipinski definition) is 9. The number of piperazine rings is 1. The first kappa shape index (κ1) is 30.1. The lowest BCUT2D eigenvalue weighted by Crippen LogP contribution is -2.48. The lowest BCUT2D eigenvalue weighted by atomic mass is 10.0. The molecule has 0 spiro atoms. The van der Waals surface area contributed by atoms with E-state index in [9.17, 15) is 18.4 Å². The molecule has 1 aromatic carbocycles. The van der Waals surface area contributed by atoms with Gasteiger partial charge in [0.25, 0.3) is 11.8 Å². The maximum atomic E-state index is 14.0. The van der Waals surface area contributed by atoms with Crippen molar-refractivity contribution in [3.8, 4) is 0 Å². The van der Waals surface area contributed by atoms with Crippen LogP contribution in [0.4, 0.5) is 20.5 Å². The second-order valence-electron chi connectivity index (χ2n) is 11.6. The number of hydrogen-bond donors (Lipinski definition) is 1. The Bertz CT molecular complexity index is 1470. The molecule has 3 aromatic rings. The first-order valence-electron chi connectivity index (χ1n) is 15.2. The Morgan fingerprint density at radius 2 is 1.64 bits per heavy atom. The van der Waals surface area contributed by atoms with Gasteiger partial charge in [-0.25, -0.2) is 23.7 Å². The number of ether oxygens (including phenoxy) is 1. The highest BCUT2D eigenvalue weighted by atomic mass is 19.3. The number of nitrogens with zero attached hydrogens (tertiary/aromatic N) is 7. The number of aromatic nitrogens is 3. The predicted octanol–water partition coefficient (Wildman–Crippen LogP) is 2.73. The summed E-state index contributed by atoms with van der Waals surface area (Å²) < 4.78 is 33.5. The minimum atomic E-state index is -2.69. The molecule has 234 valence electrons. The van der Waals surface area contributed by atoms with Gasteiger partial charge in [-0.15, -0.1) is 0 Å². The molecule has 1 atom stereocenters. The first-order chi connectivity index (χ1) is 21.3. The van der Waals surface area contributed by atoms with Crippen LogP contribution in [0.15, 0.2) is 42.7 Å². The van der Waals surface area contributed by atoms with Crippen molar-refractivity contribution in [1.82, 2.24) is 30.1 Å². The molecule has 13 heteroatoms. The Labute approximate surface area is 255 Å². The predicted molar refractivity (Wildman–Crippen MR) is 162 cm³/mol. The smallest absolute Gasteiger partial charge is 0.252 e. The second-order valence-corrected chi connectivity index (χ2v) is 11.6. The van der Waals surface area contributed by atoms with Crippen LogP contribution in [0.2, 0.25) is 0 Å². The van der Waals surface area contributed by atoms with Crippen LogP contribution in [0.1, 0.15) is 41.7 Å². The average Bonchev–Trinajstić information content (AvgIpc) is 3.05. The van der Waals surface area contributed by atoms with Crippen molar-refractivity contribution < 1.29 is 23.1 Å². The molecule has 2 aromatic heterocycles. The third-order valence-electron chi connectivity index (χ3n) is 8.77. The number of anilines is 2. The third-order valence-corrected chi connectivity index (χ3v) is 8.77. The van der Waals surface area contributed by atoms with Gasteiger partial charge in [-0.05, 0) is 24.3 Å². The number of pyridine rings is 1. The number of morpholine rings is 1. The summed E-state index contributed by atoms with van der Waals surface area (Å²) in [5, 5.41) is 3.80. The number of rotatable bonds is 7. The normalized spacial score (nSPS) is 20.0. The van der Waals surface area contributed by atoms with E-state index in [4.69, 9.17) is 9.72 Å². The monoisotopic (exact) mass is 608 g/mol. The van der Waals surface area contributed by atoms with Crippen molar-refractivity contribution in [3.05, 3.63) is 53.9 Å². The van der Waals surface area contributed by atoms with Crippen molar-refractivity contribution in [2.24, 2.45) is 0 Å². The summed E-state index contributed by atoms with van der Waals surface area (Å²) in [6.07, 6.45) is 2.96. The number of carbonyl (C=O) groups excluding carboxylic acids is 2. The Morgan fingerprint density at radius 1 is 0.932 bits per heavy atom. The molecule has 5 heterocycles. The minimum Gasteiger partial charge on any atom is -0.378 e. The molecule has 3 fully saturated rings. The molecule has 44 heavy (non-hydrogen) atoms. The lowest BCUT2D eigenvalue weighted by Gasteiger charge is -2.38. The fraction of sp³-hybridized carbons (Fsp3) is 0.516. The van der Waals surface area contributed by atoms with Crippen molar-refractivity contribution in [1.29, 1.82) is 0 Å². The molecular weight excluding hydrogens is 570 g/mol. The van der Waals surface area contributed by atoms with Gasteiger partial charge in [0.05, 0.1) is 24.8 Å². The Hall–Kier alpha value is -3.97. The number of nitrogens with one attached hydrogen (secondary N) is 1. The van der Waals surface area contributed by atoms with Gasteiger partial charge in [0.2, 0.25) is 11.9 Å². The number of fused-ring (bicyclic) bond motifs is 1. The molecule has 1 unspecified atom stereocenters. The number of alkyl halides is 2. The molecular formula is C31H38F2N8O3. The number of piperidine rings is 1. The summed E-state index contributed by atoms with van der Waals surface area (Å²) in [4.78, 5) is 47.2. The number of benzene rings is 1. The Balaban J connectivity index is 1.17. The zero-order chi connectivity index (χ0) is 30.7. The van der Waals surface area contributed by atoms with Crippen LogP contribution in [-0.2, 0) is 9.53 Å². The van der Waals surface area contributed by atoms with Gasteiger partial charge in [-0.2, -0.15) is 0 Å². The maximum absolute atomic E-state index is 14.0. The summed E-state index contributed by atoms with van der Waals surface area (Å²) >= 11 is 0. The highest BCUT2D eigenvalue weighted by molar-refractivity contribution is 6.06. The fourth-order valence-electron chi connectivity index (χ4n) is 6.10. The van der Waals surface area contributed by atoms with E-state index in [1.54, 1.807) is 30.3 Å². The van der Waals surface area contributed by atoms with E-state index in [2.05, 4.69) is 20.2 Å². The molecule has 6 rings (SSSR count). The fourth-order valence-corrected chi connectivity index (χ4v) is 6.10. The molecule has 0 aliphatic carbocycles. The summed E-state index contributed by atoms with van der Waals surface area (Å²) in [6.45, 7) is 7.50. The molecule has 0 saturated carbocycles. The SMILES string of the molecule is CC(=O)N1CCN(c2ncc(C(CNC(=O)c3cccc4nc(N5CCOCC5)ccc34)N3CCC(F)(F)CC3)cn2)CC1. The van der Waals surface area contributed by atoms with Crippen LogP contribution in [0.3, 0.4) is 0 Å². The Morgan fingerprint density at radius 3 is 2.32 bits per heavy atom. The van der Waals surface area contributed by atoms with Crippen molar-refractivity contribution in [2.45, 2.75) is 31.7 Å². The van der Waals surface area contributed by atoms with E-state index in [-0.39, 0.29) is 50.3 Å². The second kappa shape index (κ2) is 12.9. The van der Waals surface area contributed by atoms with E-state index < -0.39 is 5.92 Å². The molecule has 1 N–H and O–H groups in total. The summed E-state index contributed by atoms with van der Waals surface area (Å²) in [7, 11) is 0. The van der Waals surface area contributed by atoms with Gasteiger partial charge in [0.15, 0.2) is 0 Å². The largest absolute Gasteiger partial charge is 0.378 e. The number of carbonyl (C=O) groups is 2. The Kier molecular flexibility index (Phi) is 8.85. The molecule has 0 bridgehead atoms. The zero-order valence-corrected chi connectivity index (χ0v) is 24.9. The molecule has 3 aliphatic rings. The molecule has 11 nitrogen and oxygen atoms in total. The van der Waals surface area contributed by atoms with Crippen LogP contribution in [0.5, 0.6) is 0 Å². The van der Waals surface area contributed by atoms with Crippen LogP contribution < -0.4 is 15.1 Å². The van der Waals surface area contributed by atoms with Gasteiger partial charge >= 0.3 is 0 Å². The summed E-state index contributed by atoms with van der Waals surface area (Å²) in [5.41, 5.74) is 1.98. The van der Waals surface area contributed by atoms with Gasteiger partial charge in [-0.1, -0.05) is 6.07 Å². The van der Waals surface area contributed by atoms with Gasteiger partial charge in [-0.3, -0.25) is 14.5 Å². The number of likely N-dealkylation sites (tertiary alicyclic amines) is 1.